The molecule has 1 rings (SSSR count). The van der Waals surface area contributed by atoms with E-state index in [1.165, 1.54) is 0 Å². The van der Waals surface area contributed by atoms with E-state index >= 15 is 0 Å². The van der Waals surface area contributed by atoms with Crippen LogP contribution in [-0.4, -0.2) is 44.5 Å². The number of carbonyl (C=O) groups excluding carboxylic acids is 1. The molecule has 0 aliphatic carbocycles. The minimum Gasteiger partial charge on any atom is -0.397 e. The van der Waals surface area contributed by atoms with Gasteiger partial charge in [-0.15, -0.1) is 0 Å². The number of hydrogen-bond acceptors (Lipinski definition) is 4. The summed E-state index contributed by atoms with van der Waals surface area (Å²) in [6.07, 6.45) is 1.06. The van der Waals surface area contributed by atoms with Crippen LogP contribution in [-0.2, 0) is 0 Å². The maximum atomic E-state index is 11.6. The average molecular weight is 292 g/mol. The number of nitrogen functional groups attached to an aromatic ring is 1. The maximum absolute atomic E-state index is 11.6. The lowest BCUT2D eigenvalue weighted by molar-refractivity contribution is 0.0963. The molecule has 0 aliphatic rings. The first-order valence-corrected chi connectivity index (χ1v) is 7.36. The lowest BCUT2D eigenvalue weighted by Gasteiger charge is -2.25. The summed E-state index contributed by atoms with van der Waals surface area (Å²) in [5.41, 5.74) is 8.13. The first-order chi connectivity index (χ1) is 9.83. The molecule has 0 bridgehead atoms. The molecule has 118 valence electrons. The van der Waals surface area contributed by atoms with Crippen molar-refractivity contribution in [3.8, 4) is 0 Å². The molecule has 0 saturated heterocycles. The number of anilines is 2. The Bertz CT molecular complexity index is 461. The van der Waals surface area contributed by atoms with E-state index in [2.05, 4.69) is 43.5 Å². The zero-order valence-electron chi connectivity index (χ0n) is 13.7. The number of benzene rings is 1. The van der Waals surface area contributed by atoms with Crippen LogP contribution in [0.25, 0.3) is 0 Å². The van der Waals surface area contributed by atoms with Crippen LogP contribution >= 0.6 is 0 Å². The van der Waals surface area contributed by atoms with Crippen molar-refractivity contribution in [3.05, 3.63) is 23.8 Å². The molecule has 0 saturated carbocycles. The summed E-state index contributed by atoms with van der Waals surface area (Å²) in [4.78, 5) is 13.8. The monoisotopic (exact) mass is 292 g/mol. The fourth-order valence-electron chi connectivity index (χ4n) is 2.39. The summed E-state index contributed by atoms with van der Waals surface area (Å²) in [6.45, 7) is 5.36. The predicted molar refractivity (Wildman–Crippen MR) is 89.7 cm³/mol. The van der Waals surface area contributed by atoms with Crippen LogP contribution in [0, 0.1) is 5.92 Å². The van der Waals surface area contributed by atoms with Gasteiger partial charge in [0.25, 0.3) is 5.91 Å². The van der Waals surface area contributed by atoms with Gasteiger partial charge >= 0.3 is 0 Å². The van der Waals surface area contributed by atoms with Gasteiger partial charge in [0.05, 0.1) is 11.4 Å². The van der Waals surface area contributed by atoms with Gasteiger partial charge in [0.1, 0.15) is 0 Å². The first kappa shape index (κ1) is 17.3. The van der Waals surface area contributed by atoms with E-state index in [0.29, 0.717) is 23.2 Å². The highest BCUT2D eigenvalue weighted by molar-refractivity contribution is 5.95. The Labute approximate surface area is 127 Å². The van der Waals surface area contributed by atoms with Gasteiger partial charge in [-0.2, -0.15) is 0 Å². The van der Waals surface area contributed by atoms with Crippen molar-refractivity contribution in [2.24, 2.45) is 5.92 Å². The highest BCUT2D eigenvalue weighted by atomic mass is 16.1. The van der Waals surface area contributed by atoms with E-state index < -0.39 is 0 Å². The third-order valence-corrected chi connectivity index (χ3v) is 3.24. The van der Waals surface area contributed by atoms with E-state index in [-0.39, 0.29) is 5.91 Å². The van der Waals surface area contributed by atoms with Gasteiger partial charge < -0.3 is 21.3 Å². The van der Waals surface area contributed by atoms with Crippen LogP contribution in [0.5, 0.6) is 0 Å². The minimum atomic E-state index is -0.125. The van der Waals surface area contributed by atoms with Gasteiger partial charge in [-0.1, -0.05) is 13.8 Å². The number of carbonyl (C=O) groups is 1. The van der Waals surface area contributed by atoms with Gasteiger partial charge in [0, 0.05) is 25.2 Å². The number of nitrogens with one attached hydrogen (secondary N) is 2. The number of rotatable bonds is 7. The summed E-state index contributed by atoms with van der Waals surface area (Å²) >= 11 is 0. The molecule has 21 heavy (non-hydrogen) atoms. The van der Waals surface area contributed by atoms with Crippen LogP contribution < -0.4 is 16.4 Å². The number of likely N-dealkylation sites (N-methyl/N-ethyl adjacent to an activating group) is 1. The van der Waals surface area contributed by atoms with Gasteiger partial charge in [0.15, 0.2) is 0 Å². The Morgan fingerprint density at radius 2 is 2.00 bits per heavy atom. The maximum Gasteiger partial charge on any atom is 0.251 e. The number of amides is 1. The summed E-state index contributed by atoms with van der Waals surface area (Å²) in [5, 5.41) is 6.10. The molecule has 0 spiro atoms. The van der Waals surface area contributed by atoms with Crippen LogP contribution in [0.2, 0.25) is 0 Å². The molecule has 1 unspecified atom stereocenters. The second-order valence-corrected chi connectivity index (χ2v) is 6.11. The standard InChI is InChI=1S/C16H28N4O/c1-11(2)8-13(10-20(4)5)19-15-7-6-12(9-14(15)17)16(21)18-3/h6-7,9,11,13,19H,8,10,17H2,1-5H3,(H,18,21). The van der Waals surface area contributed by atoms with Crippen molar-refractivity contribution in [3.63, 3.8) is 0 Å². The fourth-order valence-corrected chi connectivity index (χ4v) is 2.39. The molecule has 0 aliphatic heterocycles. The van der Waals surface area contributed by atoms with E-state index in [4.69, 9.17) is 5.73 Å². The van der Waals surface area contributed by atoms with Crippen molar-refractivity contribution < 1.29 is 4.79 Å². The largest absolute Gasteiger partial charge is 0.397 e. The first-order valence-electron chi connectivity index (χ1n) is 7.36. The van der Waals surface area contributed by atoms with Crippen LogP contribution in [0.1, 0.15) is 30.6 Å². The molecule has 0 aromatic heterocycles. The number of nitrogens with two attached hydrogens (primary N) is 1. The van der Waals surface area contributed by atoms with E-state index in [0.717, 1.165) is 18.7 Å². The average Bonchev–Trinajstić information content (AvgIpc) is 2.38. The molecule has 5 nitrogen and oxygen atoms in total. The molecule has 0 fully saturated rings. The summed E-state index contributed by atoms with van der Waals surface area (Å²) in [6, 6.07) is 5.71. The van der Waals surface area contributed by atoms with Crippen molar-refractivity contribution in [1.29, 1.82) is 0 Å². The molecule has 0 heterocycles. The fraction of sp³-hybridized carbons (Fsp3) is 0.562. The Morgan fingerprint density at radius 3 is 2.48 bits per heavy atom. The van der Waals surface area contributed by atoms with Crippen molar-refractivity contribution in [2.75, 3.05) is 38.7 Å². The van der Waals surface area contributed by atoms with Gasteiger partial charge in [0.2, 0.25) is 0 Å². The highest BCUT2D eigenvalue weighted by Gasteiger charge is 2.14. The molecule has 1 aromatic carbocycles. The molecule has 0 radical (unpaired) electrons. The molecular weight excluding hydrogens is 264 g/mol. The lowest BCUT2D eigenvalue weighted by atomic mass is 10.0. The zero-order chi connectivity index (χ0) is 16.0. The van der Waals surface area contributed by atoms with Crippen molar-refractivity contribution in [1.82, 2.24) is 10.2 Å². The van der Waals surface area contributed by atoms with Crippen molar-refractivity contribution in [2.45, 2.75) is 26.3 Å². The molecule has 4 N–H and O–H groups in total. The highest BCUT2D eigenvalue weighted by Crippen LogP contribution is 2.22. The molecular formula is C16H28N4O. The van der Waals surface area contributed by atoms with Gasteiger partial charge in [-0.3, -0.25) is 4.79 Å². The van der Waals surface area contributed by atoms with Gasteiger partial charge in [-0.05, 0) is 44.6 Å². The number of hydrogen-bond donors (Lipinski definition) is 3. The normalized spacial score (nSPS) is 12.5. The van der Waals surface area contributed by atoms with Crippen LogP contribution in [0.3, 0.4) is 0 Å². The van der Waals surface area contributed by atoms with Gasteiger partial charge in [-0.25, -0.2) is 0 Å². The molecule has 1 atom stereocenters. The van der Waals surface area contributed by atoms with E-state index in [1.807, 2.05) is 6.07 Å². The Kier molecular flexibility index (Phi) is 6.49. The van der Waals surface area contributed by atoms with Crippen LogP contribution in [0.15, 0.2) is 18.2 Å². The van der Waals surface area contributed by atoms with E-state index in [1.54, 1.807) is 19.2 Å². The molecule has 1 aromatic rings. The Hall–Kier alpha value is -1.75. The van der Waals surface area contributed by atoms with Crippen LogP contribution in [0.4, 0.5) is 11.4 Å². The van der Waals surface area contributed by atoms with Crippen molar-refractivity contribution >= 4 is 17.3 Å². The topological polar surface area (TPSA) is 70.4 Å². The quantitative estimate of drug-likeness (QED) is 0.672. The second kappa shape index (κ2) is 7.88. The Morgan fingerprint density at radius 1 is 1.33 bits per heavy atom. The summed E-state index contributed by atoms with van der Waals surface area (Å²) < 4.78 is 0. The molecule has 1 amide bonds. The SMILES string of the molecule is CNC(=O)c1ccc(NC(CC(C)C)CN(C)C)c(N)c1. The lowest BCUT2D eigenvalue weighted by Crippen LogP contribution is -2.33. The summed E-state index contributed by atoms with van der Waals surface area (Å²) in [5.74, 6) is 0.481. The zero-order valence-corrected chi connectivity index (χ0v) is 13.7. The third-order valence-electron chi connectivity index (χ3n) is 3.24. The smallest absolute Gasteiger partial charge is 0.251 e. The second-order valence-electron chi connectivity index (χ2n) is 6.11. The molecule has 5 heteroatoms. The minimum absolute atomic E-state index is 0.125. The third kappa shape index (κ3) is 5.63. The van der Waals surface area contributed by atoms with E-state index in [9.17, 15) is 4.79 Å². The number of nitrogens with zero attached hydrogens (tertiary/aromatic N) is 1. The predicted octanol–water partition coefficient (Wildman–Crippen LogP) is 2.02. The Balaban J connectivity index is 2.85. The summed E-state index contributed by atoms with van der Waals surface area (Å²) in [7, 11) is 5.74.